The molecule has 1 aromatic carbocycles. The van der Waals surface area contributed by atoms with Crippen LogP contribution in [0.5, 0.6) is 5.75 Å². The van der Waals surface area contributed by atoms with E-state index in [-0.39, 0.29) is 23.3 Å². The van der Waals surface area contributed by atoms with Crippen LogP contribution in [-0.2, 0) is 29.3 Å². The van der Waals surface area contributed by atoms with Crippen molar-refractivity contribution in [3.05, 3.63) is 29.3 Å². The topological polar surface area (TPSA) is 78.9 Å². The molecule has 0 aromatic heterocycles. The highest BCUT2D eigenvalue weighted by molar-refractivity contribution is 5.86. The summed E-state index contributed by atoms with van der Waals surface area (Å²) >= 11 is 0. The van der Waals surface area contributed by atoms with Gasteiger partial charge in [0, 0.05) is 12.8 Å². The van der Waals surface area contributed by atoms with Crippen LogP contribution < -0.4 is 4.74 Å². The van der Waals surface area contributed by atoms with Crippen molar-refractivity contribution >= 4 is 17.9 Å². The van der Waals surface area contributed by atoms with Gasteiger partial charge in [-0.1, -0.05) is 19.4 Å². The Morgan fingerprint density at radius 2 is 1.78 bits per heavy atom. The Labute approximate surface area is 159 Å². The minimum Gasteiger partial charge on any atom is -0.469 e. The van der Waals surface area contributed by atoms with E-state index in [1.807, 2.05) is 13.0 Å². The average molecular weight is 374 g/mol. The van der Waals surface area contributed by atoms with Gasteiger partial charge in [0.1, 0.15) is 5.75 Å². The zero-order valence-corrected chi connectivity index (χ0v) is 16.5. The number of carbonyl (C=O) groups is 3. The van der Waals surface area contributed by atoms with Crippen LogP contribution in [0.25, 0.3) is 0 Å². The molecule has 146 valence electrons. The van der Waals surface area contributed by atoms with Crippen LogP contribution in [0.3, 0.4) is 0 Å². The number of benzene rings is 1. The van der Waals surface area contributed by atoms with Gasteiger partial charge in [-0.05, 0) is 48.4 Å². The second-order valence-corrected chi connectivity index (χ2v) is 8.00. The Bertz CT molecular complexity index is 800. The summed E-state index contributed by atoms with van der Waals surface area (Å²) in [5, 5.41) is 0. The Balaban J connectivity index is 2.21. The summed E-state index contributed by atoms with van der Waals surface area (Å²) in [5.74, 6) is -1.64. The van der Waals surface area contributed by atoms with Crippen LogP contribution in [0, 0.1) is 11.3 Å². The van der Waals surface area contributed by atoms with Gasteiger partial charge in [-0.2, -0.15) is 0 Å². The maximum atomic E-state index is 12.8. The molecule has 4 atom stereocenters. The highest BCUT2D eigenvalue weighted by Gasteiger charge is 2.63. The molecule has 0 saturated heterocycles. The van der Waals surface area contributed by atoms with E-state index < -0.39 is 17.3 Å². The first-order valence-electron chi connectivity index (χ1n) is 9.18. The van der Waals surface area contributed by atoms with E-state index in [1.165, 1.54) is 21.1 Å². The monoisotopic (exact) mass is 374 g/mol. The Hall–Kier alpha value is -2.37. The molecule has 3 rings (SSSR count). The minimum absolute atomic E-state index is 0.291. The largest absolute Gasteiger partial charge is 0.469 e. The van der Waals surface area contributed by atoms with Crippen molar-refractivity contribution in [3.8, 4) is 5.75 Å². The molecule has 0 unspecified atom stereocenters. The van der Waals surface area contributed by atoms with Crippen LogP contribution in [-0.4, -0.2) is 32.1 Å². The van der Waals surface area contributed by atoms with E-state index in [0.29, 0.717) is 12.2 Å². The lowest BCUT2D eigenvalue weighted by Crippen LogP contribution is -2.51. The number of esters is 3. The quantitative estimate of drug-likeness (QED) is 0.597. The predicted molar refractivity (Wildman–Crippen MR) is 97.3 cm³/mol. The lowest BCUT2D eigenvalue weighted by molar-refractivity contribution is -0.164. The highest BCUT2D eigenvalue weighted by Crippen LogP contribution is 2.64. The fraction of sp³-hybridized carbons (Fsp3) is 0.571. The molecular formula is C21H26O6. The fourth-order valence-electron chi connectivity index (χ4n) is 5.45. The van der Waals surface area contributed by atoms with Crippen LogP contribution in [0.15, 0.2) is 18.2 Å². The number of hydrogen-bond acceptors (Lipinski definition) is 6. The number of hydrogen-bond donors (Lipinski definition) is 0. The summed E-state index contributed by atoms with van der Waals surface area (Å²) in [6, 6.07) is 5.39. The molecule has 1 aromatic rings. The van der Waals surface area contributed by atoms with Gasteiger partial charge in [-0.15, -0.1) is 0 Å². The normalized spacial score (nSPS) is 31.4. The van der Waals surface area contributed by atoms with Crippen molar-refractivity contribution in [1.29, 1.82) is 0 Å². The smallest absolute Gasteiger partial charge is 0.313 e. The molecule has 2 aliphatic rings. The van der Waals surface area contributed by atoms with Crippen LogP contribution in [0.2, 0.25) is 0 Å². The van der Waals surface area contributed by atoms with Gasteiger partial charge in [-0.25, -0.2) is 0 Å². The lowest BCUT2D eigenvalue weighted by atomic mass is 9.54. The van der Waals surface area contributed by atoms with Crippen molar-refractivity contribution in [2.45, 2.75) is 51.4 Å². The standard InChI is InChI=1S/C21H26O6/c1-12(22)27-13-7-8-15-14(11-13)16(18(23)25-4)17-20(15,2)9-6-10-21(17,3)19(24)26-5/h7-8,11,16-17H,6,9-10H2,1-5H3/t16-,17-,20-,21+/m0/s1. The van der Waals surface area contributed by atoms with E-state index >= 15 is 0 Å². The Morgan fingerprint density at radius 1 is 1.07 bits per heavy atom. The van der Waals surface area contributed by atoms with Gasteiger partial charge in [0.05, 0.1) is 25.6 Å². The van der Waals surface area contributed by atoms with Crippen molar-refractivity contribution in [2.75, 3.05) is 14.2 Å². The second-order valence-electron chi connectivity index (χ2n) is 8.00. The van der Waals surface area contributed by atoms with E-state index in [0.717, 1.165) is 24.0 Å². The molecule has 6 heteroatoms. The minimum atomic E-state index is -0.804. The second kappa shape index (κ2) is 6.66. The maximum absolute atomic E-state index is 12.8. The summed E-state index contributed by atoms with van der Waals surface area (Å²) in [6.45, 7) is 5.32. The summed E-state index contributed by atoms with van der Waals surface area (Å²) in [7, 11) is 2.74. The van der Waals surface area contributed by atoms with Crippen LogP contribution in [0.4, 0.5) is 0 Å². The van der Waals surface area contributed by atoms with E-state index in [4.69, 9.17) is 14.2 Å². The van der Waals surface area contributed by atoms with E-state index in [9.17, 15) is 14.4 Å². The molecule has 27 heavy (non-hydrogen) atoms. The predicted octanol–water partition coefficient (Wildman–Crippen LogP) is 3.12. The summed E-state index contributed by atoms with van der Waals surface area (Å²) < 4.78 is 15.5. The van der Waals surface area contributed by atoms with Crippen molar-refractivity contribution in [1.82, 2.24) is 0 Å². The average Bonchev–Trinajstić information content (AvgIpc) is 2.89. The first-order valence-corrected chi connectivity index (χ1v) is 9.18. The molecule has 0 heterocycles. The lowest BCUT2D eigenvalue weighted by Gasteiger charge is -2.48. The molecule has 0 radical (unpaired) electrons. The summed E-state index contributed by atoms with van der Waals surface area (Å²) in [6.07, 6.45) is 2.37. The van der Waals surface area contributed by atoms with Gasteiger partial charge >= 0.3 is 17.9 Å². The van der Waals surface area contributed by atoms with Gasteiger partial charge in [0.25, 0.3) is 0 Å². The van der Waals surface area contributed by atoms with Crippen molar-refractivity contribution in [2.24, 2.45) is 11.3 Å². The molecule has 6 nitrogen and oxygen atoms in total. The Morgan fingerprint density at radius 3 is 2.37 bits per heavy atom. The first-order chi connectivity index (χ1) is 12.7. The SMILES string of the molecule is COC(=O)[C@H]1c2cc(OC(C)=O)ccc2[C@]2(C)CCC[C@@](C)(C(=O)OC)[C@@H]12. The summed E-state index contributed by atoms with van der Waals surface area (Å²) in [4.78, 5) is 36.9. The molecule has 0 N–H and O–H groups in total. The molecule has 1 fully saturated rings. The molecular weight excluding hydrogens is 348 g/mol. The molecule has 0 aliphatic heterocycles. The number of carbonyl (C=O) groups excluding carboxylic acids is 3. The number of ether oxygens (including phenoxy) is 3. The zero-order valence-electron chi connectivity index (χ0n) is 16.5. The molecule has 0 spiro atoms. The highest BCUT2D eigenvalue weighted by atomic mass is 16.5. The van der Waals surface area contributed by atoms with E-state index in [2.05, 4.69) is 6.92 Å². The Kier molecular flexibility index (Phi) is 4.78. The fourth-order valence-corrected chi connectivity index (χ4v) is 5.45. The third-order valence-electron chi connectivity index (χ3n) is 6.44. The first kappa shape index (κ1) is 19.4. The van der Waals surface area contributed by atoms with Crippen molar-refractivity contribution in [3.63, 3.8) is 0 Å². The zero-order chi connectivity index (χ0) is 20.0. The van der Waals surface area contributed by atoms with Gasteiger partial charge in [0.2, 0.25) is 0 Å². The van der Waals surface area contributed by atoms with Crippen LogP contribution >= 0.6 is 0 Å². The van der Waals surface area contributed by atoms with Gasteiger partial charge in [-0.3, -0.25) is 14.4 Å². The van der Waals surface area contributed by atoms with Gasteiger partial charge in [0.15, 0.2) is 0 Å². The number of rotatable bonds is 3. The molecule has 2 aliphatic carbocycles. The van der Waals surface area contributed by atoms with Crippen LogP contribution in [0.1, 0.15) is 57.1 Å². The molecule has 0 bridgehead atoms. The van der Waals surface area contributed by atoms with E-state index in [1.54, 1.807) is 12.1 Å². The third kappa shape index (κ3) is 2.82. The third-order valence-corrected chi connectivity index (χ3v) is 6.44. The number of methoxy groups -OCH3 is 2. The molecule has 1 saturated carbocycles. The van der Waals surface area contributed by atoms with Gasteiger partial charge < -0.3 is 14.2 Å². The summed E-state index contributed by atoms with van der Waals surface area (Å²) in [5.41, 5.74) is 0.601. The maximum Gasteiger partial charge on any atom is 0.313 e. The molecule has 0 amide bonds. The number of fused-ring (bicyclic) bond motifs is 3. The van der Waals surface area contributed by atoms with Crippen molar-refractivity contribution < 1.29 is 28.6 Å².